The van der Waals surface area contributed by atoms with Crippen molar-refractivity contribution in [3.05, 3.63) is 60.7 Å². The molecule has 5 nitrogen and oxygen atoms in total. The highest BCUT2D eigenvalue weighted by Gasteiger charge is 2.29. The van der Waals surface area contributed by atoms with Gasteiger partial charge in [-0.3, -0.25) is 9.78 Å². The van der Waals surface area contributed by atoms with Crippen LogP contribution in [0, 0.1) is 0 Å². The van der Waals surface area contributed by atoms with Gasteiger partial charge in [-0.2, -0.15) is 0 Å². The SMILES string of the molecule is O=C(c1ccco1)N1CCC(Oc2cccc3cccnc23)C1. The Hall–Kier alpha value is -2.82. The summed E-state index contributed by atoms with van der Waals surface area (Å²) in [7, 11) is 0. The zero-order valence-electron chi connectivity index (χ0n) is 12.5. The van der Waals surface area contributed by atoms with Crippen molar-refractivity contribution in [3.63, 3.8) is 0 Å². The Balaban J connectivity index is 1.49. The molecular weight excluding hydrogens is 292 g/mol. The van der Waals surface area contributed by atoms with Gasteiger partial charge in [0.25, 0.3) is 5.91 Å². The van der Waals surface area contributed by atoms with Crippen molar-refractivity contribution in [1.82, 2.24) is 9.88 Å². The molecule has 3 heterocycles. The molecule has 0 radical (unpaired) electrons. The molecule has 1 unspecified atom stereocenters. The minimum atomic E-state index is -0.0860. The third kappa shape index (κ3) is 2.65. The third-order valence-electron chi connectivity index (χ3n) is 4.05. The number of hydrogen-bond acceptors (Lipinski definition) is 4. The molecule has 4 rings (SSSR count). The van der Waals surface area contributed by atoms with Gasteiger partial charge in [0, 0.05) is 24.5 Å². The summed E-state index contributed by atoms with van der Waals surface area (Å²) in [5, 5.41) is 1.05. The van der Waals surface area contributed by atoms with Gasteiger partial charge in [0.1, 0.15) is 17.4 Å². The van der Waals surface area contributed by atoms with Crippen LogP contribution >= 0.6 is 0 Å². The van der Waals surface area contributed by atoms with E-state index in [0.29, 0.717) is 18.8 Å². The summed E-state index contributed by atoms with van der Waals surface area (Å²) in [6.07, 6.45) is 4.05. The lowest BCUT2D eigenvalue weighted by Crippen LogP contribution is -2.30. The van der Waals surface area contributed by atoms with Gasteiger partial charge < -0.3 is 14.1 Å². The van der Waals surface area contributed by atoms with E-state index in [1.165, 1.54) is 6.26 Å². The van der Waals surface area contributed by atoms with Crippen LogP contribution in [0.4, 0.5) is 0 Å². The smallest absolute Gasteiger partial charge is 0.289 e. The van der Waals surface area contributed by atoms with Gasteiger partial charge in [-0.05, 0) is 24.3 Å². The number of likely N-dealkylation sites (tertiary alicyclic amines) is 1. The first kappa shape index (κ1) is 13.8. The van der Waals surface area contributed by atoms with Crippen molar-refractivity contribution in [1.29, 1.82) is 0 Å². The molecule has 1 fully saturated rings. The van der Waals surface area contributed by atoms with Gasteiger partial charge in [0.15, 0.2) is 5.76 Å². The summed E-state index contributed by atoms with van der Waals surface area (Å²) in [4.78, 5) is 18.4. The van der Waals surface area contributed by atoms with E-state index in [1.807, 2.05) is 30.3 Å². The summed E-state index contributed by atoms with van der Waals surface area (Å²) in [5.74, 6) is 1.05. The molecule has 0 bridgehead atoms. The Morgan fingerprint density at radius 3 is 3.00 bits per heavy atom. The van der Waals surface area contributed by atoms with Crippen molar-refractivity contribution in [3.8, 4) is 5.75 Å². The minimum absolute atomic E-state index is 0.0264. The van der Waals surface area contributed by atoms with Crippen LogP contribution < -0.4 is 4.74 Å². The fourth-order valence-corrected chi connectivity index (χ4v) is 2.92. The molecule has 1 atom stereocenters. The number of carbonyl (C=O) groups excluding carboxylic acids is 1. The molecule has 0 saturated carbocycles. The molecule has 1 aliphatic heterocycles. The summed E-state index contributed by atoms with van der Waals surface area (Å²) in [5.41, 5.74) is 0.853. The first-order chi connectivity index (χ1) is 11.3. The Labute approximate surface area is 133 Å². The monoisotopic (exact) mass is 308 g/mol. The first-order valence-electron chi connectivity index (χ1n) is 7.64. The Morgan fingerprint density at radius 1 is 1.22 bits per heavy atom. The lowest BCUT2D eigenvalue weighted by atomic mass is 10.2. The summed E-state index contributed by atoms with van der Waals surface area (Å²) >= 11 is 0. The average molecular weight is 308 g/mol. The minimum Gasteiger partial charge on any atom is -0.486 e. The number of hydrogen-bond donors (Lipinski definition) is 0. The lowest BCUT2D eigenvalue weighted by Gasteiger charge is -2.17. The number of fused-ring (bicyclic) bond motifs is 1. The molecule has 0 spiro atoms. The van der Waals surface area contributed by atoms with Gasteiger partial charge in [0.05, 0.1) is 12.8 Å². The van der Waals surface area contributed by atoms with Crippen LogP contribution in [0.25, 0.3) is 10.9 Å². The number of ether oxygens (including phenoxy) is 1. The molecular formula is C18H16N2O3. The van der Waals surface area contributed by atoms with Gasteiger partial charge >= 0.3 is 0 Å². The number of rotatable bonds is 3. The van der Waals surface area contributed by atoms with Crippen LogP contribution in [0.15, 0.2) is 59.3 Å². The second kappa shape index (κ2) is 5.76. The predicted molar refractivity (Wildman–Crippen MR) is 85.4 cm³/mol. The van der Waals surface area contributed by atoms with Crippen LogP contribution in [0.2, 0.25) is 0 Å². The van der Waals surface area contributed by atoms with E-state index in [1.54, 1.807) is 23.2 Å². The van der Waals surface area contributed by atoms with E-state index >= 15 is 0 Å². The molecule has 1 aliphatic rings. The Morgan fingerprint density at radius 2 is 2.13 bits per heavy atom. The van der Waals surface area contributed by atoms with Crippen LogP contribution in [-0.2, 0) is 0 Å². The number of carbonyl (C=O) groups is 1. The standard InChI is InChI=1S/C18H16N2O3/c21-18(16-7-3-11-22-16)20-10-8-14(12-20)23-15-6-1-4-13-5-2-9-19-17(13)15/h1-7,9,11,14H,8,10,12H2. The number of aromatic nitrogens is 1. The van der Waals surface area contributed by atoms with Crippen molar-refractivity contribution in [2.24, 2.45) is 0 Å². The van der Waals surface area contributed by atoms with E-state index in [9.17, 15) is 4.79 Å². The van der Waals surface area contributed by atoms with Crippen LogP contribution in [0.5, 0.6) is 5.75 Å². The number of pyridine rings is 1. The average Bonchev–Trinajstić information content (AvgIpc) is 3.27. The fourth-order valence-electron chi connectivity index (χ4n) is 2.92. The Bertz CT molecular complexity index is 824. The maximum absolute atomic E-state index is 12.3. The zero-order valence-corrected chi connectivity index (χ0v) is 12.5. The highest BCUT2D eigenvalue weighted by Crippen LogP contribution is 2.26. The molecule has 0 N–H and O–H groups in total. The molecule has 2 aromatic heterocycles. The quantitative estimate of drug-likeness (QED) is 0.746. The van der Waals surface area contributed by atoms with Crippen molar-refractivity contribution in [2.45, 2.75) is 12.5 Å². The van der Waals surface area contributed by atoms with Gasteiger partial charge in [0.2, 0.25) is 0 Å². The molecule has 0 aliphatic carbocycles. The van der Waals surface area contributed by atoms with Crippen molar-refractivity contribution < 1.29 is 13.9 Å². The fraction of sp³-hybridized carbons (Fsp3) is 0.222. The maximum atomic E-state index is 12.3. The topological polar surface area (TPSA) is 55.6 Å². The van der Waals surface area contributed by atoms with Crippen LogP contribution in [-0.4, -0.2) is 35.0 Å². The molecule has 1 saturated heterocycles. The van der Waals surface area contributed by atoms with E-state index in [-0.39, 0.29) is 12.0 Å². The van der Waals surface area contributed by atoms with Gasteiger partial charge in [-0.25, -0.2) is 0 Å². The van der Waals surface area contributed by atoms with E-state index in [4.69, 9.17) is 9.15 Å². The normalized spacial score (nSPS) is 17.6. The summed E-state index contributed by atoms with van der Waals surface area (Å²) in [6, 6.07) is 13.2. The van der Waals surface area contributed by atoms with E-state index < -0.39 is 0 Å². The molecule has 3 aromatic rings. The molecule has 1 aromatic carbocycles. The molecule has 1 amide bonds. The van der Waals surface area contributed by atoms with Crippen LogP contribution in [0.3, 0.4) is 0 Å². The second-order valence-electron chi connectivity index (χ2n) is 5.59. The van der Waals surface area contributed by atoms with Gasteiger partial charge in [-0.1, -0.05) is 18.2 Å². The first-order valence-corrected chi connectivity index (χ1v) is 7.64. The number of para-hydroxylation sites is 1. The highest BCUT2D eigenvalue weighted by atomic mass is 16.5. The summed E-state index contributed by atoms with van der Waals surface area (Å²) < 4.78 is 11.3. The highest BCUT2D eigenvalue weighted by molar-refractivity contribution is 5.91. The zero-order chi connectivity index (χ0) is 15.6. The second-order valence-corrected chi connectivity index (χ2v) is 5.59. The van der Waals surface area contributed by atoms with Crippen LogP contribution in [0.1, 0.15) is 17.0 Å². The number of benzene rings is 1. The predicted octanol–water partition coefficient (Wildman–Crippen LogP) is 3.12. The third-order valence-corrected chi connectivity index (χ3v) is 4.05. The van der Waals surface area contributed by atoms with E-state index in [2.05, 4.69) is 4.98 Å². The maximum Gasteiger partial charge on any atom is 0.289 e. The molecule has 116 valence electrons. The van der Waals surface area contributed by atoms with Gasteiger partial charge in [-0.15, -0.1) is 0 Å². The molecule has 5 heteroatoms. The number of amides is 1. The van der Waals surface area contributed by atoms with Crippen molar-refractivity contribution >= 4 is 16.8 Å². The number of furan rings is 1. The lowest BCUT2D eigenvalue weighted by molar-refractivity contribution is 0.0741. The summed E-state index contributed by atoms with van der Waals surface area (Å²) in [6.45, 7) is 1.23. The number of nitrogens with zero attached hydrogens (tertiary/aromatic N) is 2. The van der Waals surface area contributed by atoms with E-state index in [0.717, 1.165) is 23.1 Å². The largest absolute Gasteiger partial charge is 0.486 e. The molecule has 23 heavy (non-hydrogen) atoms. The Kier molecular flexibility index (Phi) is 3.46. The van der Waals surface area contributed by atoms with Crippen molar-refractivity contribution in [2.75, 3.05) is 13.1 Å².